The lowest BCUT2D eigenvalue weighted by Crippen LogP contribution is -2.40. The van der Waals surface area contributed by atoms with Gasteiger partial charge in [0.15, 0.2) is 0 Å². The highest BCUT2D eigenvalue weighted by atomic mass is 16.5. The zero-order chi connectivity index (χ0) is 10.6. The van der Waals surface area contributed by atoms with Gasteiger partial charge in [-0.15, -0.1) is 0 Å². The average Bonchev–Trinajstić information content (AvgIpc) is 2.61. The van der Waals surface area contributed by atoms with Crippen LogP contribution in [-0.4, -0.2) is 47.8 Å². The number of aliphatic hydroxyl groups is 1. The van der Waals surface area contributed by atoms with Gasteiger partial charge >= 0.3 is 0 Å². The Labute approximate surface area is 84.8 Å². The van der Waals surface area contributed by atoms with Crippen molar-refractivity contribution in [1.29, 1.82) is 0 Å². The average molecular weight is 201 g/mol. The fourth-order valence-electron chi connectivity index (χ4n) is 1.67. The summed E-state index contributed by atoms with van der Waals surface area (Å²) in [5.74, 6) is -0.00440. The summed E-state index contributed by atoms with van der Waals surface area (Å²) < 4.78 is 5.24. The zero-order valence-corrected chi connectivity index (χ0v) is 8.90. The maximum atomic E-state index is 11.6. The van der Waals surface area contributed by atoms with Gasteiger partial charge in [0.25, 0.3) is 0 Å². The Morgan fingerprint density at radius 3 is 2.93 bits per heavy atom. The quantitative estimate of drug-likeness (QED) is 0.716. The Hall–Kier alpha value is -0.610. The fourth-order valence-corrected chi connectivity index (χ4v) is 1.67. The molecule has 4 nitrogen and oxygen atoms in total. The molecule has 0 unspecified atom stereocenters. The van der Waals surface area contributed by atoms with Crippen LogP contribution < -0.4 is 0 Å². The largest absolute Gasteiger partial charge is 0.394 e. The summed E-state index contributed by atoms with van der Waals surface area (Å²) in [6.07, 6.45) is 1.97. The van der Waals surface area contributed by atoms with Gasteiger partial charge in [-0.05, 0) is 26.7 Å². The van der Waals surface area contributed by atoms with Crippen LogP contribution in [0.5, 0.6) is 0 Å². The van der Waals surface area contributed by atoms with Crippen LogP contribution in [0, 0.1) is 0 Å². The molecule has 0 aliphatic carbocycles. The first-order valence-electron chi connectivity index (χ1n) is 5.17. The predicted octanol–water partition coefficient (Wildman–Crippen LogP) is 0.395. The number of hydrogen-bond acceptors (Lipinski definition) is 3. The Balaban J connectivity index is 2.35. The molecule has 0 spiro atoms. The third kappa shape index (κ3) is 2.96. The second kappa shape index (κ2) is 5.32. The normalized spacial score (nSPS) is 22.0. The van der Waals surface area contributed by atoms with E-state index in [2.05, 4.69) is 0 Å². The number of carbonyl (C=O) groups excluding carboxylic acids is 1. The van der Waals surface area contributed by atoms with Gasteiger partial charge in [0.2, 0.25) is 5.91 Å². The molecule has 1 aliphatic rings. The lowest BCUT2D eigenvalue weighted by molar-refractivity contribution is -0.139. The number of rotatable bonds is 4. The maximum absolute atomic E-state index is 11.6. The molecule has 1 aliphatic heterocycles. The van der Waals surface area contributed by atoms with E-state index in [1.165, 1.54) is 0 Å². The van der Waals surface area contributed by atoms with E-state index in [0.29, 0.717) is 0 Å². The lowest BCUT2D eigenvalue weighted by atomic mass is 10.2. The summed E-state index contributed by atoms with van der Waals surface area (Å²) in [5, 5.41) is 9.03. The Kier molecular flexibility index (Phi) is 4.35. The molecule has 0 aromatic carbocycles. The molecule has 1 saturated heterocycles. The van der Waals surface area contributed by atoms with Gasteiger partial charge in [-0.3, -0.25) is 4.79 Å². The SMILES string of the molecule is CC(C)OCC(=O)N1CCC[C@H]1CO. The van der Waals surface area contributed by atoms with Crippen molar-refractivity contribution in [1.82, 2.24) is 4.90 Å². The molecular weight excluding hydrogens is 182 g/mol. The van der Waals surface area contributed by atoms with Crippen molar-refractivity contribution in [3.8, 4) is 0 Å². The van der Waals surface area contributed by atoms with Crippen LogP contribution in [0.25, 0.3) is 0 Å². The van der Waals surface area contributed by atoms with Crippen molar-refractivity contribution >= 4 is 5.91 Å². The Morgan fingerprint density at radius 2 is 2.36 bits per heavy atom. The van der Waals surface area contributed by atoms with Crippen molar-refractivity contribution in [2.24, 2.45) is 0 Å². The van der Waals surface area contributed by atoms with Crippen molar-refractivity contribution in [2.45, 2.75) is 38.8 Å². The number of aliphatic hydroxyl groups excluding tert-OH is 1. The van der Waals surface area contributed by atoms with E-state index in [9.17, 15) is 4.79 Å². The number of nitrogens with zero attached hydrogens (tertiary/aromatic N) is 1. The van der Waals surface area contributed by atoms with E-state index < -0.39 is 0 Å². The first-order chi connectivity index (χ1) is 6.65. The van der Waals surface area contributed by atoms with Gasteiger partial charge in [-0.2, -0.15) is 0 Å². The molecule has 1 amide bonds. The van der Waals surface area contributed by atoms with Gasteiger partial charge < -0.3 is 14.7 Å². The molecule has 1 atom stereocenters. The fraction of sp³-hybridized carbons (Fsp3) is 0.900. The maximum Gasteiger partial charge on any atom is 0.248 e. The van der Waals surface area contributed by atoms with Gasteiger partial charge in [0.1, 0.15) is 6.61 Å². The summed E-state index contributed by atoms with van der Waals surface area (Å²) in [5.41, 5.74) is 0. The summed E-state index contributed by atoms with van der Waals surface area (Å²) in [6.45, 7) is 4.76. The van der Waals surface area contributed by atoms with Gasteiger partial charge in [0.05, 0.1) is 18.8 Å². The van der Waals surface area contributed by atoms with Crippen LogP contribution in [0.1, 0.15) is 26.7 Å². The first-order valence-corrected chi connectivity index (χ1v) is 5.17. The van der Waals surface area contributed by atoms with Crippen LogP contribution in [-0.2, 0) is 9.53 Å². The van der Waals surface area contributed by atoms with Gasteiger partial charge in [-0.25, -0.2) is 0 Å². The van der Waals surface area contributed by atoms with Crippen LogP contribution in [0.2, 0.25) is 0 Å². The van der Waals surface area contributed by atoms with Crippen molar-refractivity contribution in [2.75, 3.05) is 19.8 Å². The second-order valence-electron chi connectivity index (χ2n) is 3.93. The van der Waals surface area contributed by atoms with Crippen molar-refractivity contribution in [3.05, 3.63) is 0 Å². The van der Waals surface area contributed by atoms with E-state index in [1.54, 1.807) is 4.90 Å². The van der Waals surface area contributed by atoms with Gasteiger partial charge in [0, 0.05) is 6.54 Å². The Morgan fingerprint density at radius 1 is 1.64 bits per heavy atom. The van der Waals surface area contributed by atoms with E-state index in [0.717, 1.165) is 19.4 Å². The summed E-state index contributed by atoms with van der Waals surface area (Å²) in [4.78, 5) is 13.3. The molecule has 0 bridgehead atoms. The van der Waals surface area contributed by atoms with E-state index >= 15 is 0 Å². The monoisotopic (exact) mass is 201 g/mol. The molecule has 1 N–H and O–H groups in total. The molecule has 1 fully saturated rings. The van der Waals surface area contributed by atoms with E-state index in [1.807, 2.05) is 13.8 Å². The minimum atomic E-state index is -0.00440. The molecule has 0 radical (unpaired) electrons. The standard InChI is InChI=1S/C10H19NO3/c1-8(2)14-7-10(13)11-5-3-4-9(11)6-12/h8-9,12H,3-7H2,1-2H3/t9-/m0/s1. The van der Waals surface area contributed by atoms with Crippen LogP contribution in [0.15, 0.2) is 0 Å². The third-order valence-corrected chi connectivity index (χ3v) is 2.45. The number of amides is 1. The first kappa shape index (κ1) is 11.5. The molecule has 4 heteroatoms. The summed E-state index contributed by atoms with van der Waals surface area (Å²) >= 11 is 0. The second-order valence-corrected chi connectivity index (χ2v) is 3.93. The highest BCUT2D eigenvalue weighted by molar-refractivity contribution is 5.78. The molecule has 1 heterocycles. The van der Waals surface area contributed by atoms with Crippen molar-refractivity contribution in [3.63, 3.8) is 0 Å². The van der Waals surface area contributed by atoms with E-state index in [4.69, 9.17) is 9.84 Å². The molecule has 0 saturated carbocycles. The highest BCUT2D eigenvalue weighted by Crippen LogP contribution is 2.16. The third-order valence-electron chi connectivity index (χ3n) is 2.45. The summed E-state index contributed by atoms with van der Waals surface area (Å²) in [6, 6.07) is 0.0123. The molecule has 0 aromatic heterocycles. The van der Waals surface area contributed by atoms with Gasteiger partial charge in [-0.1, -0.05) is 0 Å². The lowest BCUT2D eigenvalue weighted by Gasteiger charge is -2.23. The molecule has 14 heavy (non-hydrogen) atoms. The summed E-state index contributed by atoms with van der Waals surface area (Å²) in [7, 11) is 0. The topological polar surface area (TPSA) is 49.8 Å². The smallest absolute Gasteiger partial charge is 0.248 e. The Bertz CT molecular complexity index is 194. The molecular formula is C10H19NO3. The molecule has 82 valence electrons. The molecule has 1 rings (SSSR count). The highest BCUT2D eigenvalue weighted by Gasteiger charge is 2.27. The number of hydrogen-bond donors (Lipinski definition) is 1. The number of likely N-dealkylation sites (tertiary alicyclic amines) is 1. The van der Waals surface area contributed by atoms with E-state index in [-0.39, 0.29) is 31.3 Å². The number of ether oxygens (including phenoxy) is 1. The zero-order valence-electron chi connectivity index (χ0n) is 8.90. The van der Waals surface area contributed by atoms with Crippen LogP contribution in [0.4, 0.5) is 0 Å². The minimum absolute atomic E-state index is 0.00440. The van der Waals surface area contributed by atoms with Crippen LogP contribution >= 0.6 is 0 Å². The molecule has 0 aromatic rings. The minimum Gasteiger partial charge on any atom is -0.394 e. The predicted molar refractivity (Wildman–Crippen MR) is 52.9 cm³/mol. The number of carbonyl (C=O) groups is 1. The van der Waals surface area contributed by atoms with Crippen molar-refractivity contribution < 1.29 is 14.6 Å². The van der Waals surface area contributed by atoms with Crippen LogP contribution in [0.3, 0.4) is 0 Å².